The molecule has 182 valence electrons. The number of benzene rings is 1. The van der Waals surface area contributed by atoms with Gasteiger partial charge in [0.2, 0.25) is 5.28 Å². The predicted octanol–water partition coefficient (Wildman–Crippen LogP) is 5.09. The van der Waals surface area contributed by atoms with Crippen LogP contribution in [0, 0.1) is 0 Å². The van der Waals surface area contributed by atoms with E-state index in [1.54, 1.807) is 12.1 Å². The maximum Gasteiger partial charge on any atom is 0.303 e. The Labute approximate surface area is 207 Å². The van der Waals surface area contributed by atoms with E-state index in [1.807, 2.05) is 0 Å². The van der Waals surface area contributed by atoms with Gasteiger partial charge in [0.15, 0.2) is 18.4 Å². The SMILES string of the molecule is CCCCCCC(O)[C@H]1OC(n2c(Cl)nc3cc(Cl)c(Cl)cc32)C(OC(C)=O)C1OC(C)=O. The number of aliphatic hydroxyl groups is 1. The molecule has 4 unspecified atom stereocenters. The van der Waals surface area contributed by atoms with Crippen molar-refractivity contribution in [2.45, 2.75) is 83.5 Å². The van der Waals surface area contributed by atoms with Gasteiger partial charge in [-0.2, -0.15) is 0 Å². The molecular weight excluding hydrogens is 495 g/mol. The lowest BCUT2D eigenvalue weighted by molar-refractivity contribution is -0.166. The first-order valence-electron chi connectivity index (χ1n) is 10.8. The second-order valence-corrected chi connectivity index (χ2v) is 9.21. The molecule has 33 heavy (non-hydrogen) atoms. The van der Waals surface area contributed by atoms with Crippen LogP contribution in [0.15, 0.2) is 12.1 Å². The number of carbonyl (C=O) groups is 2. The third-order valence-corrected chi connectivity index (χ3v) is 6.49. The summed E-state index contributed by atoms with van der Waals surface area (Å²) in [4.78, 5) is 28.1. The van der Waals surface area contributed by atoms with Crippen molar-refractivity contribution in [3.63, 3.8) is 0 Å². The van der Waals surface area contributed by atoms with E-state index >= 15 is 0 Å². The lowest BCUT2D eigenvalue weighted by Crippen LogP contribution is -2.43. The molecule has 0 spiro atoms. The topological polar surface area (TPSA) is 99.9 Å². The molecule has 1 fully saturated rings. The Balaban J connectivity index is 2.01. The second-order valence-electron chi connectivity index (χ2n) is 8.06. The Morgan fingerprint density at radius 1 is 1.09 bits per heavy atom. The number of imidazole rings is 1. The van der Waals surface area contributed by atoms with Gasteiger partial charge < -0.3 is 19.3 Å². The first-order chi connectivity index (χ1) is 15.6. The molecule has 0 bridgehead atoms. The Hall–Kier alpha value is -1.58. The van der Waals surface area contributed by atoms with Crippen molar-refractivity contribution in [3.8, 4) is 0 Å². The van der Waals surface area contributed by atoms with Gasteiger partial charge in [-0.05, 0) is 30.2 Å². The number of aromatic nitrogens is 2. The maximum atomic E-state index is 11.9. The van der Waals surface area contributed by atoms with Gasteiger partial charge in [0, 0.05) is 13.8 Å². The number of rotatable bonds is 9. The highest BCUT2D eigenvalue weighted by atomic mass is 35.5. The summed E-state index contributed by atoms with van der Waals surface area (Å²) in [6, 6.07) is 3.13. The lowest BCUT2D eigenvalue weighted by atomic mass is 10.00. The number of unbranched alkanes of at least 4 members (excludes halogenated alkanes) is 3. The normalized spacial score (nSPS) is 23.6. The molecule has 5 atom stereocenters. The van der Waals surface area contributed by atoms with E-state index in [9.17, 15) is 14.7 Å². The van der Waals surface area contributed by atoms with Crippen LogP contribution in [0.3, 0.4) is 0 Å². The molecule has 3 rings (SSSR count). The van der Waals surface area contributed by atoms with E-state index in [0.29, 0.717) is 22.5 Å². The van der Waals surface area contributed by atoms with Crippen molar-refractivity contribution in [3.05, 3.63) is 27.5 Å². The molecule has 1 saturated heterocycles. The van der Waals surface area contributed by atoms with Crippen LogP contribution in [-0.2, 0) is 23.8 Å². The predicted molar refractivity (Wildman–Crippen MR) is 125 cm³/mol. The third kappa shape index (κ3) is 5.92. The van der Waals surface area contributed by atoms with E-state index in [4.69, 9.17) is 49.0 Å². The number of fused-ring (bicyclic) bond motifs is 1. The number of halogens is 3. The molecule has 1 N–H and O–H groups in total. The van der Waals surface area contributed by atoms with E-state index in [0.717, 1.165) is 25.7 Å². The van der Waals surface area contributed by atoms with Gasteiger partial charge in [-0.15, -0.1) is 0 Å². The fourth-order valence-corrected chi connectivity index (χ4v) is 4.67. The van der Waals surface area contributed by atoms with Crippen LogP contribution in [-0.4, -0.2) is 51.0 Å². The summed E-state index contributed by atoms with van der Waals surface area (Å²) >= 11 is 18.7. The van der Waals surface area contributed by atoms with Crippen molar-refractivity contribution in [1.29, 1.82) is 0 Å². The van der Waals surface area contributed by atoms with Gasteiger partial charge in [-0.25, -0.2) is 4.98 Å². The Morgan fingerprint density at radius 2 is 1.73 bits per heavy atom. The largest absolute Gasteiger partial charge is 0.455 e. The fraction of sp³-hybridized carbons (Fsp3) is 0.591. The van der Waals surface area contributed by atoms with E-state index in [2.05, 4.69) is 11.9 Å². The van der Waals surface area contributed by atoms with Gasteiger partial charge in [0.25, 0.3) is 0 Å². The smallest absolute Gasteiger partial charge is 0.303 e. The average molecular weight is 522 g/mol. The monoisotopic (exact) mass is 520 g/mol. The molecule has 1 aliphatic heterocycles. The standard InChI is InChI=1S/C22H27Cl3N2O6/c1-4-5-6-7-8-17(30)18-19(31-11(2)28)20(32-12(3)29)21(33-18)27-16-10-14(24)13(23)9-15(16)26-22(27)25/h9-10,17-21,30H,4-8H2,1-3H3/t17?,18-,19?,20?,21?/m1/s1. The Bertz CT molecular complexity index is 1010. The minimum Gasteiger partial charge on any atom is -0.455 e. The number of nitrogens with zero attached hydrogens (tertiary/aromatic N) is 2. The molecule has 8 nitrogen and oxygen atoms in total. The Kier molecular flexibility index (Phi) is 8.86. The van der Waals surface area contributed by atoms with Crippen LogP contribution < -0.4 is 0 Å². The van der Waals surface area contributed by atoms with Gasteiger partial charge in [-0.3, -0.25) is 14.2 Å². The highest BCUT2D eigenvalue weighted by Crippen LogP contribution is 2.41. The molecule has 1 aromatic carbocycles. The average Bonchev–Trinajstić information content (AvgIpc) is 3.21. The van der Waals surface area contributed by atoms with E-state index in [-0.39, 0.29) is 10.3 Å². The molecule has 0 saturated carbocycles. The van der Waals surface area contributed by atoms with Crippen LogP contribution in [0.1, 0.15) is 59.1 Å². The lowest BCUT2D eigenvalue weighted by Gasteiger charge is -2.25. The molecule has 2 heterocycles. The van der Waals surface area contributed by atoms with Crippen molar-refractivity contribution >= 4 is 57.8 Å². The molecule has 0 amide bonds. The molecule has 1 aromatic heterocycles. The first kappa shape index (κ1) is 26.0. The fourth-order valence-electron chi connectivity index (χ4n) is 4.07. The molecule has 11 heteroatoms. The quantitative estimate of drug-likeness (QED) is 0.362. The van der Waals surface area contributed by atoms with Crippen molar-refractivity contribution in [1.82, 2.24) is 9.55 Å². The summed E-state index contributed by atoms with van der Waals surface area (Å²) < 4.78 is 18.7. The van der Waals surface area contributed by atoms with Crippen LogP contribution in [0.5, 0.6) is 0 Å². The highest BCUT2D eigenvalue weighted by molar-refractivity contribution is 6.42. The maximum absolute atomic E-state index is 11.9. The van der Waals surface area contributed by atoms with Gasteiger partial charge >= 0.3 is 11.9 Å². The Morgan fingerprint density at radius 3 is 2.36 bits per heavy atom. The number of ether oxygens (including phenoxy) is 3. The summed E-state index contributed by atoms with van der Waals surface area (Å²) in [6.45, 7) is 4.57. The van der Waals surface area contributed by atoms with Crippen molar-refractivity contribution < 1.29 is 28.9 Å². The van der Waals surface area contributed by atoms with Gasteiger partial charge in [0.1, 0.15) is 6.10 Å². The van der Waals surface area contributed by atoms with Crippen LogP contribution >= 0.6 is 34.8 Å². The van der Waals surface area contributed by atoms with E-state index in [1.165, 1.54) is 18.4 Å². The summed E-state index contributed by atoms with van der Waals surface area (Å²) in [5.74, 6) is -1.20. The summed E-state index contributed by atoms with van der Waals surface area (Å²) in [6.07, 6.45) is -0.793. The second kappa shape index (κ2) is 11.2. The third-order valence-electron chi connectivity index (χ3n) is 5.50. The summed E-state index contributed by atoms with van der Waals surface area (Å²) in [5, 5.41) is 11.5. The molecule has 1 aliphatic rings. The molecule has 0 radical (unpaired) electrons. The number of carbonyl (C=O) groups excluding carboxylic acids is 2. The zero-order valence-corrected chi connectivity index (χ0v) is 20.9. The van der Waals surface area contributed by atoms with E-state index < -0.39 is 42.6 Å². The molecular formula is C22H27Cl3N2O6. The van der Waals surface area contributed by atoms with Crippen molar-refractivity contribution in [2.24, 2.45) is 0 Å². The number of esters is 2. The number of aliphatic hydroxyl groups excluding tert-OH is 1. The summed E-state index contributed by atoms with van der Waals surface area (Å²) in [7, 11) is 0. The summed E-state index contributed by atoms with van der Waals surface area (Å²) in [5.41, 5.74) is 0.934. The number of hydrogen-bond acceptors (Lipinski definition) is 7. The van der Waals surface area contributed by atoms with Crippen LogP contribution in [0.2, 0.25) is 15.3 Å². The zero-order chi connectivity index (χ0) is 24.3. The highest BCUT2D eigenvalue weighted by Gasteiger charge is 2.53. The van der Waals surface area contributed by atoms with Crippen molar-refractivity contribution in [2.75, 3.05) is 0 Å². The van der Waals surface area contributed by atoms with Gasteiger partial charge in [-0.1, -0.05) is 55.8 Å². The van der Waals surface area contributed by atoms with Crippen LogP contribution in [0.4, 0.5) is 0 Å². The van der Waals surface area contributed by atoms with Gasteiger partial charge in [0.05, 0.1) is 27.2 Å². The van der Waals surface area contributed by atoms with Crippen LogP contribution in [0.25, 0.3) is 11.0 Å². The molecule has 2 aromatic rings. The first-order valence-corrected chi connectivity index (χ1v) is 12.0. The minimum absolute atomic E-state index is 0.0325. The minimum atomic E-state index is -1.08. The number of hydrogen-bond donors (Lipinski definition) is 1. The zero-order valence-electron chi connectivity index (χ0n) is 18.6. The molecule has 0 aliphatic carbocycles.